The minimum atomic E-state index is -1.04. The Hall–Kier alpha value is -2.18. The number of benzene rings is 1. The monoisotopic (exact) mass is 489 g/mol. The third kappa shape index (κ3) is 3.71. The molecule has 4 aliphatic carbocycles. The molecule has 0 N–H and O–H groups in total. The van der Waals surface area contributed by atoms with E-state index in [1.165, 1.54) is 18.2 Å². The van der Waals surface area contributed by atoms with Gasteiger partial charge in [0.25, 0.3) is 0 Å². The van der Waals surface area contributed by atoms with E-state index in [1.807, 2.05) is 13.8 Å². The molecule has 2 bridgehead atoms. The number of carbonyl (C=O) groups excluding carboxylic acids is 4. The van der Waals surface area contributed by atoms with E-state index in [9.17, 15) is 19.2 Å². The fourth-order valence-electron chi connectivity index (χ4n) is 6.07. The first-order valence-electron chi connectivity index (χ1n) is 11.4. The third-order valence-electron chi connectivity index (χ3n) is 7.55. The lowest BCUT2D eigenvalue weighted by atomic mass is 9.63. The molecule has 5 aliphatic rings. The van der Waals surface area contributed by atoms with Crippen molar-refractivity contribution in [1.29, 1.82) is 0 Å². The average Bonchev–Trinajstić information content (AvgIpc) is 3.54. The van der Waals surface area contributed by atoms with Crippen molar-refractivity contribution in [1.82, 2.24) is 4.90 Å². The Morgan fingerprint density at radius 3 is 2.21 bits per heavy atom. The summed E-state index contributed by atoms with van der Waals surface area (Å²) in [5.41, 5.74) is 0.190. The van der Waals surface area contributed by atoms with Gasteiger partial charge in [0.05, 0.1) is 16.9 Å². The van der Waals surface area contributed by atoms with Crippen LogP contribution in [0.15, 0.2) is 30.4 Å². The Morgan fingerprint density at radius 1 is 1.06 bits per heavy atom. The van der Waals surface area contributed by atoms with Gasteiger partial charge in [0.2, 0.25) is 17.6 Å². The van der Waals surface area contributed by atoms with Gasteiger partial charge in [-0.15, -0.1) is 0 Å². The lowest BCUT2D eigenvalue weighted by molar-refractivity contribution is -0.159. The minimum Gasteiger partial charge on any atom is -0.456 e. The topological polar surface area (TPSA) is 80.8 Å². The maximum Gasteiger partial charge on any atom is 0.329 e. The number of imide groups is 1. The number of hydrogen-bond donors (Lipinski definition) is 0. The Kier molecular flexibility index (Phi) is 5.65. The Labute approximate surface area is 202 Å². The van der Waals surface area contributed by atoms with Crippen molar-refractivity contribution in [2.24, 2.45) is 41.4 Å². The molecule has 7 atom stereocenters. The van der Waals surface area contributed by atoms with E-state index in [0.717, 1.165) is 11.3 Å². The molecule has 174 valence electrons. The first-order valence-corrected chi connectivity index (χ1v) is 12.1. The van der Waals surface area contributed by atoms with Gasteiger partial charge in [-0.1, -0.05) is 49.2 Å². The molecule has 1 aromatic carbocycles. The van der Waals surface area contributed by atoms with Gasteiger partial charge < -0.3 is 4.74 Å². The van der Waals surface area contributed by atoms with Crippen LogP contribution >= 0.6 is 23.2 Å². The van der Waals surface area contributed by atoms with Gasteiger partial charge >= 0.3 is 5.97 Å². The van der Waals surface area contributed by atoms with Crippen molar-refractivity contribution in [3.05, 3.63) is 46.0 Å². The largest absolute Gasteiger partial charge is 0.456 e. The number of ether oxygens (including phenoxy) is 1. The van der Waals surface area contributed by atoms with E-state index in [1.54, 1.807) is 0 Å². The number of allylic oxidation sites excluding steroid dienone is 2. The van der Waals surface area contributed by atoms with Gasteiger partial charge in [-0.3, -0.25) is 19.3 Å². The predicted molar refractivity (Wildman–Crippen MR) is 122 cm³/mol. The number of carbonyl (C=O) groups is 4. The second-order valence-corrected chi connectivity index (χ2v) is 10.8. The molecular weight excluding hydrogens is 465 g/mol. The fraction of sp³-hybridized carbons (Fsp3) is 0.520. The van der Waals surface area contributed by atoms with Gasteiger partial charge in [0.1, 0.15) is 6.04 Å². The summed E-state index contributed by atoms with van der Waals surface area (Å²) in [6.45, 7) is 3.30. The number of nitrogens with zero attached hydrogens (tertiary/aromatic N) is 1. The summed E-state index contributed by atoms with van der Waals surface area (Å²) >= 11 is 12.0. The summed E-state index contributed by atoms with van der Waals surface area (Å²) in [4.78, 5) is 53.7. The first kappa shape index (κ1) is 22.6. The molecule has 1 heterocycles. The Morgan fingerprint density at radius 2 is 1.67 bits per heavy atom. The molecule has 0 spiro atoms. The summed E-state index contributed by atoms with van der Waals surface area (Å²) in [5.74, 6) is -1.38. The van der Waals surface area contributed by atoms with Crippen molar-refractivity contribution < 1.29 is 23.9 Å². The molecule has 2 amide bonds. The van der Waals surface area contributed by atoms with Crippen LogP contribution in [0.25, 0.3) is 0 Å². The number of amides is 2. The van der Waals surface area contributed by atoms with Crippen LogP contribution in [-0.4, -0.2) is 41.1 Å². The second kappa shape index (κ2) is 8.24. The number of ketones is 1. The summed E-state index contributed by atoms with van der Waals surface area (Å²) in [6.07, 6.45) is 5.54. The van der Waals surface area contributed by atoms with Gasteiger partial charge in [-0.2, -0.15) is 0 Å². The van der Waals surface area contributed by atoms with Gasteiger partial charge in [0, 0.05) is 10.6 Å². The zero-order chi connectivity index (χ0) is 23.6. The Balaban J connectivity index is 1.33. The summed E-state index contributed by atoms with van der Waals surface area (Å²) < 4.78 is 5.33. The van der Waals surface area contributed by atoms with Crippen molar-refractivity contribution in [2.75, 3.05) is 6.61 Å². The van der Waals surface area contributed by atoms with Gasteiger partial charge in [0.15, 0.2) is 6.61 Å². The number of esters is 1. The maximum atomic E-state index is 13.4. The highest BCUT2D eigenvalue weighted by atomic mass is 35.5. The van der Waals surface area contributed by atoms with E-state index in [2.05, 4.69) is 12.2 Å². The lowest BCUT2D eigenvalue weighted by Crippen LogP contribution is -2.47. The predicted octanol–water partition coefficient (Wildman–Crippen LogP) is 4.19. The van der Waals surface area contributed by atoms with E-state index in [-0.39, 0.29) is 58.4 Å². The quantitative estimate of drug-likeness (QED) is 0.248. The molecule has 1 aromatic rings. The normalized spacial score (nSPS) is 32.1. The maximum absolute atomic E-state index is 13.4. The summed E-state index contributed by atoms with van der Waals surface area (Å²) in [7, 11) is 0. The third-order valence-corrected chi connectivity index (χ3v) is 8.10. The van der Waals surface area contributed by atoms with E-state index >= 15 is 0 Å². The van der Waals surface area contributed by atoms with Crippen LogP contribution in [0, 0.1) is 41.4 Å². The molecule has 33 heavy (non-hydrogen) atoms. The Bertz CT molecular complexity index is 1050. The average molecular weight is 490 g/mol. The molecule has 8 heteroatoms. The van der Waals surface area contributed by atoms with Crippen LogP contribution in [-0.2, 0) is 19.1 Å². The molecule has 6 nitrogen and oxygen atoms in total. The van der Waals surface area contributed by atoms with Crippen LogP contribution in [0.4, 0.5) is 0 Å². The second-order valence-electron chi connectivity index (χ2n) is 10.0. The van der Waals surface area contributed by atoms with Crippen LogP contribution in [0.1, 0.15) is 37.0 Å². The van der Waals surface area contributed by atoms with Crippen LogP contribution < -0.4 is 0 Å². The highest BCUT2D eigenvalue weighted by Crippen LogP contribution is 2.65. The molecule has 0 unspecified atom stereocenters. The molecule has 1 aliphatic heterocycles. The zero-order valence-electron chi connectivity index (χ0n) is 18.4. The van der Waals surface area contributed by atoms with E-state index < -0.39 is 24.4 Å². The first-order chi connectivity index (χ1) is 15.7. The zero-order valence-corrected chi connectivity index (χ0v) is 19.9. The molecule has 0 aromatic heterocycles. The highest BCUT2D eigenvalue weighted by Gasteiger charge is 2.68. The van der Waals surface area contributed by atoms with Crippen LogP contribution in [0.3, 0.4) is 0 Å². The molecular formula is C25H25Cl2NO5. The number of halogens is 2. The number of likely N-dealkylation sites (tertiary alicyclic amines) is 1. The van der Waals surface area contributed by atoms with E-state index in [0.29, 0.717) is 16.9 Å². The summed E-state index contributed by atoms with van der Waals surface area (Å²) in [5, 5.41) is 0.553. The number of rotatable bonds is 7. The number of Topliss-reactive ketones (excluding diaryl/α,β-unsaturated/α-hetero) is 1. The summed E-state index contributed by atoms with van der Waals surface area (Å²) in [6, 6.07) is 3.40. The SMILES string of the molecule is CC(C)C[C@@H](C(=O)OCC(=O)c1ccc(Cl)cc1Cl)N1C(=O)[C@@H]2[C@@H]3C=C[C@H]([C@H]4C[C@H]34)[C@@H]2C1=O. The molecule has 1 saturated heterocycles. The van der Waals surface area contributed by atoms with Crippen molar-refractivity contribution in [2.45, 2.75) is 32.7 Å². The van der Waals surface area contributed by atoms with Crippen LogP contribution in [0.5, 0.6) is 0 Å². The van der Waals surface area contributed by atoms with Crippen LogP contribution in [0.2, 0.25) is 10.0 Å². The van der Waals surface area contributed by atoms with Crippen molar-refractivity contribution >= 4 is 46.8 Å². The lowest BCUT2D eigenvalue weighted by Gasteiger charge is -2.37. The molecule has 6 rings (SSSR count). The molecule has 3 fully saturated rings. The standard InChI is InChI=1S/C25H25Cl2NO5/c1-11(2)7-19(25(32)33-10-20(29)15-4-3-12(26)8-18(15)27)28-23(30)21-13-5-6-14(17-9-16(13)17)22(21)24(28)31/h3-6,8,11,13-14,16-17,19,21-22H,7,9-10H2,1-2H3/t13-,14-,16-,17-,19+,21-,22+/m1/s1. The van der Waals surface area contributed by atoms with E-state index in [4.69, 9.17) is 27.9 Å². The number of hydrogen-bond acceptors (Lipinski definition) is 5. The smallest absolute Gasteiger partial charge is 0.329 e. The molecule has 2 saturated carbocycles. The fourth-order valence-corrected chi connectivity index (χ4v) is 6.58. The molecule has 0 radical (unpaired) electrons. The van der Waals surface area contributed by atoms with Gasteiger partial charge in [-0.05, 0) is 60.6 Å². The van der Waals surface area contributed by atoms with Crippen molar-refractivity contribution in [3.63, 3.8) is 0 Å². The van der Waals surface area contributed by atoms with Gasteiger partial charge in [-0.25, -0.2) is 4.79 Å². The minimum absolute atomic E-state index is 0.0374. The van der Waals surface area contributed by atoms with Crippen molar-refractivity contribution in [3.8, 4) is 0 Å². The highest BCUT2D eigenvalue weighted by molar-refractivity contribution is 6.36.